The molecule has 0 fully saturated rings. The maximum atomic E-state index is 5.96. The summed E-state index contributed by atoms with van der Waals surface area (Å²) in [6.45, 7) is 2.05. The van der Waals surface area contributed by atoms with Crippen LogP contribution in [-0.2, 0) is 6.42 Å². The lowest BCUT2D eigenvalue weighted by Gasteiger charge is -2.05. The Balaban J connectivity index is 1.80. The van der Waals surface area contributed by atoms with Gasteiger partial charge in [-0.25, -0.2) is 0 Å². The summed E-state index contributed by atoms with van der Waals surface area (Å²) in [7, 11) is 0. The molecule has 2 aromatic rings. The number of nitrogens with two attached hydrogens (primary N) is 1. The van der Waals surface area contributed by atoms with Gasteiger partial charge in [0.1, 0.15) is 10.8 Å². The number of benzene rings is 1. The standard InChI is InChI=1S/C13H15N3OS/c1-2-9(14)12-15-16-13(18-12)11-7-8-5-3-4-6-10(8)17-11/h3-6,9,11H,2,7,14H2,1H3. The summed E-state index contributed by atoms with van der Waals surface area (Å²) in [5.74, 6) is 0.957. The minimum absolute atomic E-state index is 0.00212. The van der Waals surface area contributed by atoms with Gasteiger partial charge in [-0.1, -0.05) is 36.5 Å². The Hall–Kier alpha value is -1.46. The van der Waals surface area contributed by atoms with Gasteiger partial charge in [-0.05, 0) is 18.1 Å². The lowest BCUT2D eigenvalue weighted by molar-refractivity contribution is 0.237. The van der Waals surface area contributed by atoms with Gasteiger partial charge < -0.3 is 10.5 Å². The van der Waals surface area contributed by atoms with E-state index in [4.69, 9.17) is 10.5 Å². The fourth-order valence-electron chi connectivity index (χ4n) is 2.02. The highest BCUT2D eigenvalue weighted by atomic mass is 32.1. The molecule has 2 unspecified atom stereocenters. The van der Waals surface area contributed by atoms with E-state index in [1.54, 1.807) is 11.3 Å². The van der Waals surface area contributed by atoms with E-state index in [-0.39, 0.29) is 12.1 Å². The molecule has 2 N–H and O–H groups in total. The molecule has 18 heavy (non-hydrogen) atoms. The topological polar surface area (TPSA) is 61.0 Å². The summed E-state index contributed by atoms with van der Waals surface area (Å²) >= 11 is 1.56. The molecular weight excluding hydrogens is 246 g/mol. The summed E-state index contributed by atoms with van der Waals surface area (Å²) in [6, 6.07) is 8.09. The fraction of sp³-hybridized carbons (Fsp3) is 0.385. The highest BCUT2D eigenvalue weighted by Crippen LogP contribution is 2.37. The molecule has 0 bridgehead atoms. The number of fused-ring (bicyclic) bond motifs is 1. The van der Waals surface area contributed by atoms with E-state index >= 15 is 0 Å². The average molecular weight is 261 g/mol. The predicted octanol–water partition coefficient (Wildman–Crippen LogP) is 2.62. The minimum atomic E-state index is -0.0139. The van der Waals surface area contributed by atoms with Crippen molar-refractivity contribution in [3.05, 3.63) is 39.8 Å². The van der Waals surface area contributed by atoms with Crippen LogP contribution < -0.4 is 10.5 Å². The fourth-order valence-corrected chi connectivity index (χ4v) is 2.98. The van der Waals surface area contributed by atoms with E-state index in [0.717, 1.165) is 28.6 Å². The molecule has 5 heteroatoms. The first-order valence-corrected chi connectivity index (χ1v) is 6.93. The monoisotopic (exact) mass is 261 g/mol. The zero-order chi connectivity index (χ0) is 12.5. The van der Waals surface area contributed by atoms with E-state index in [2.05, 4.69) is 16.3 Å². The second-order valence-corrected chi connectivity index (χ2v) is 5.45. The van der Waals surface area contributed by atoms with Crippen molar-refractivity contribution in [3.63, 3.8) is 0 Å². The largest absolute Gasteiger partial charge is 0.483 e. The summed E-state index contributed by atoms with van der Waals surface area (Å²) in [5.41, 5.74) is 7.19. The van der Waals surface area contributed by atoms with E-state index in [0.29, 0.717) is 0 Å². The number of hydrogen-bond donors (Lipinski definition) is 1. The second-order valence-electron chi connectivity index (χ2n) is 4.41. The van der Waals surface area contributed by atoms with Gasteiger partial charge in [-0.15, -0.1) is 10.2 Å². The van der Waals surface area contributed by atoms with E-state index < -0.39 is 0 Å². The molecule has 0 amide bonds. The van der Waals surface area contributed by atoms with Gasteiger partial charge in [0.05, 0.1) is 6.04 Å². The number of ether oxygens (including phenoxy) is 1. The Bertz CT molecular complexity index is 530. The van der Waals surface area contributed by atoms with Crippen LogP contribution in [0.25, 0.3) is 0 Å². The molecular formula is C13H15N3OS. The summed E-state index contributed by atoms with van der Waals surface area (Å²) in [6.07, 6.45) is 1.74. The number of para-hydroxylation sites is 1. The lowest BCUT2D eigenvalue weighted by Crippen LogP contribution is -2.07. The van der Waals surface area contributed by atoms with E-state index in [1.165, 1.54) is 5.56 Å². The Labute approximate surface area is 110 Å². The highest BCUT2D eigenvalue weighted by Gasteiger charge is 2.27. The Morgan fingerprint density at radius 1 is 1.44 bits per heavy atom. The van der Waals surface area contributed by atoms with Crippen molar-refractivity contribution in [1.29, 1.82) is 0 Å². The van der Waals surface area contributed by atoms with Crippen molar-refractivity contribution >= 4 is 11.3 Å². The van der Waals surface area contributed by atoms with Gasteiger partial charge in [0.25, 0.3) is 0 Å². The highest BCUT2D eigenvalue weighted by molar-refractivity contribution is 7.11. The van der Waals surface area contributed by atoms with Crippen LogP contribution in [0.15, 0.2) is 24.3 Å². The normalized spacial score (nSPS) is 19.3. The number of hydrogen-bond acceptors (Lipinski definition) is 5. The third-order valence-corrected chi connectivity index (χ3v) is 4.28. The Kier molecular flexibility index (Phi) is 3.01. The third-order valence-electron chi connectivity index (χ3n) is 3.14. The van der Waals surface area contributed by atoms with Gasteiger partial charge in [0, 0.05) is 6.42 Å². The quantitative estimate of drug-likeness (QED) is 0.922. The molecule has 3 rings (SSSR count). The minimum Gasteiger partial charge on any atom is -0.483 e. The van der Waals surface area contributed by atoms with Crippen molar-refractivity contribution in [2.75, 3.05) is 0 Å². The van der Waals surface area contributed by atoms with Crippen molar-refractivity contribution < 1.29 is 4.74 Å². The van der Waals surface area contributed by atoms with Crippen molar-refractivity contribution in [2.45, 2.75) is 31.9 Å². The van der Waals surface area contributed by atoms with Gasteiger partial charge >= 0.3 is 0 Å². The molecule has 94 valence electrons. The number of aromatic nitrogens is 2. The molecule has 1 aliphatic heterocycles. The Morgan fingerprint density at radius 2 is 2.28 bits per heavy atom. The van der Waals surface area contributed by atoms with Crippen LogP contribution in [0.5, 0.6) is 5.75 Å². The van der Waals surface area contributed by atoms with Crippen LogP contribution in [-0.4, -0.2) is 10.2 Å². The molecule has 0 aliphatic carbocycles. The number of nitrogens with zero attached hydrogens (tertiary/aromatic N) is 2. The lowest BCUT2D eigenvalue weighted by atomic mass is 10.1. The van der Waals surface area contributed by atoms with E-state index in [9.17, 15) is 0 Å². The molecule has 4 nitrogen and oxygen atoms in total. The summed E-state index contributed by atoms with van der Waals surface area (Å²) < 4.78 is 5.89. The third kappa shape index (κ3) is 2.00. The molecule has 0 radical (unpaired) electrons. The molecule has 0 saturated heterocycles. The van der Waals surface area contributed by atoms with Crippen molar-refractivity contribution in [2.24, 2.45) is 5.73 Å². The van der Waals surface area contributed by atoms with Crippen LogP contribution >= 0.6 is 11.3 Å². The van der Waals surface area contributed by atoms with E-state index in [1.807, 2.05) is 25.1 Å². The molecule has 1 aromatic heterocycles. The van der Waals surface area contributed by atoms with Gasteiger partial charge in [-0.3, -0.25) is 0 Å². The van der Waals surface area contributed by atoms with Crippen LogP contribution in [0.3, 0.4) is 0 Å². The molecule has 1 aromatic carbocycles. The SMILES string of the molecule is CCC(N)c1nnc(C2Cc3ccccc3O2)s1. The summed E-state index contributed by atoms with van der Waals surface area (Å²) in [5, 5.41) is 10.2. The number of rotatable bonds is 3. The maximum Gasteiger partial charge on any atom is 0.158 e. The van der Waals surface area contributed by atoms with Gasteiger partial charge in [0.2, 0.25) is 0 Å². The first-order valence-electron chi connectivity index (χ1n) is 6.11. The summed E-state index contributed by atoms with van der Waals surface area (Å²) in [4.78, 5) is 0. The molecule has 1 aliphatic rings. The zero-order valence-corrected chi connectivity index (χ0v) is 11.0. The molecule has 2 heterocycles. The van der Waals surface area contributed by atoms with Crippen LogP contribution in [0, 0.1) is 0 Å². The molecule has 0 saturated carbocycles. The van der Waals surface area contributed by atoms with Crippen molar-refractivity contribution in [1.82, 2.24) is 10.2 Å². The van der Waals surface area contributed by atoms with Gasteiger partial charge in [-0.2, -0.15) is 0 Å². The van der Waals surface area contributed by atoms with Crippen LogP contribution in [0.4, 0.5) is 0 Å². The molecule has 2 atom stereocenters. The Morgan fingerprint density at radius 3 is 3.06 bits per heavy atom. The van der Waals surface area contributed by atoms with Crippen molar-refractivity contribution in [3.8, 4) is 5.75 Å². The second kappa shape index (κ2) is 4.66. The van der Waals surface area contributed by atoms with Crippen LogP contribution in [0.2, 0.25) is 0 Å². The first kappa shape index (κ1) is 11.6. The first-order chi connectivity index (χ1) is 8.78. The maximum absolute atomic E-state index is 5.96. The van der Waals surface area contributed by atoms with Gasteiger partial charge in [0.15, 0.2) is 11.1 Å². The zero-order valence-electron chi connectivity index (χ0n) is 10.2. The molecule has 0 spiro atoms. The smallest absolute Gasteiger partial charge is 0.158 e. The average Bonchev–Trinajstić information content (AvgIpc) is 3.03. The predicted molar refractivity (Wildman–Crippen MR) is 70.6 cm³/mol. The van der Waals surface area contributed by atoms with Crippen LogP contribution in [0.1, 0.15) is 41.1 Å².